The van der Waals surface area contributed by atoms with Crippen molar-refractivity contribution in [1.29, 1.82) is 0 Å². The van der Waals surface area contributed by atoms with Crippen LogP contribution < -0.4 is 9.64 Å². The third-order valence-electron chi connectivity index (χ3n) is 7.28. The van der Waals surface area contributed by atoms with E-state index >= 15 is 0 Å². The van der Waals surface area contributed by atoms with Crippen LogP contribution in [0.5, 0.6) is 5.75 Å². The van der Waals surface area contributed by atoms with E-state index in [-0.39, 0.29) is 11.8 Å². The van der Waals surface area contributed by atoms with Gasteiger partial charge >= 0.3 is 0 Å². The smallest absolute Gasteiger partial charge is 0.251 e. The minimum absolute atomic E-state index is 0.0794. The molecule has 8 heteroatoms. The molecule has 1 aliphatic heterocycles. The van der Waals surface area contributed by atoms with Crippen molar-refractivity contribution in [1.82, 2.24) is 19.9 Å². The molecule has 192 valence electrons. The number of halogens is 1. The van der Waals surface area contributed by atoms with Crippen LogP contribution in [0.3, 0.4) is 0 Å². The molecule has 1 saturated heterocycles. The van der Waals surface area contributed by atoms with E-state index in [4.69, 9.17) is 4.74 Å². The van der Waals surface area contributed by atoms with Gasteiger partial charge in [0.05, 0.1) is 13.3 Å². The summed E-state index contributed by atoms with van der Waals surface area (Å²) < 4.78 is 22.0. The molecule has 2 heterocycles. The van der Waals surface area contributed by atoms with E-state index in [1.807, 2.05) is 45.3 Å². The van der Waals surface area contributed by atoms with Crippen LogP contribution in [0.2, 0.25) is 0 Å². The van der Waals surface area contributed by atoms with Gasteiger partial charge in [-0.05, 0) is 61.7 Å². The normalized spacial score (nSPS) is 21.3. The van der Waals surface area contributed by atoms with Crippen molar-refractivity contribution in [2.24, 2.45) is 5.92 Å². The number of fused-ring (bicyclic) bond motifs is 1. The zero-order valence-electron chi connectivity index (χ0n) is 21.6. The van der Waals surface area contributed by atoms with Crippen molar-refractivity contribution in [2.75, 3.05) is 32.6 Å². The van der Waals surface area contributed by atoms with Crippen molar-refractivity contribution < 1.29 is 13.9 Å². The van der Waals surface area contributed by atoms with Gasteiger partial charge in [-0.2, -0.15) is 0 Å². The molecule has 3 aromatic rings. The Hall–Kier alpha value is -3.94. The molecular weight excluding hydrogens is 469 g/mol. The van der Waals surface area contributed by atoms with Gasteiger partial charge in [0, 0.05) is 49.1 Å². The summed E-state index contributed by atoms with van der Waals surface area (Å²) in [4.78, 5) is 17.2. The molecule has 1 aliphatic carbocycles. The number of alkyl halides is 1. The lowest BCUT2D eigenvalue weighted by molar-refractivity contribution is -0.132. The fourth-order valence-electron chi connectivity index (χ4n) is 5.22. The number of aromatic nitrogens is 3. The minimum atomic E-state index is -1.09. The van der Waals surface area contributed by atoms with Crippen molar-refractivity contribution in [2.45, 2.75) is 32.0 Å². The number of likely N-dealkylation sites (tertiary alicyclic amines) is 1. The van der Waals surface area contributed by atoms with E-state index in [1.54, 1.807) is 35.0 Å². The molecule has 37 heavy (non-hydrogen) atoms. The second-order valence-electron chi connectivity index (χ2n) is 9.64. The van der Waals surface area contributed by atoms with Crippen LogP contribution in [0.1, 0.15) is 25.8 Å². The Labute approximate surface area is 216 Å². The van der Waals surface area contributed by atoms with Crippen LogP contribution in [0, 0.1) is 5.92 Å². The molecule has 1 amide bonds. The SMILES string of the molecule is CCN1C(=O)C(n2cc(-c3ccc(-c4ccc(N(C)C)cc4)c(OC)c3)nn2)CCC2C1=CC=CC2F. The van der Waals surface area contributed by atoms with Crippen LogP contribution in [-0.2, 0) is 4.79 Å². The number of ether oxygens (including phenoxy) is 1. The highest BCUT2D eigenvalue weighted by Crippen LogP contribution is 2.38. The molecule has 1 fully saturated rings. The van der Waals surface area contributed by atoms with E-state index < -0.39 is 12.2 Å². The quantitative estimate of drug-likeness (QED) is 0.460. The summed E-state index contributed by atoms with van der Waals surface area (Å²) in [5.74, 6) is 0.333. The predicted octanol–water partition coefficient (Wildman–Crippen LogP) is 5.28. The average Bonchev–Trinajstić information content (AvgIpc) is 3.34. The first kappa shape index (κ1) is 24.7. The number of benzene rings is 2. The van der Waals surface area contributed by atoms with Crippen LogP contribution >= 0.6 is 0 Å². The summed E-state index contributed by atoms with van der Waals surface area (Å²) in [5.41, 5.74) is 5.40. The molecule has 3 unspecified atom stereocenters. The predicted molar refractivity (Wildman–Crippen MR) is 143 cm³/mol. The molecule has 0 spiro atoms. The fraction of sp³-hybridized carbons (Fsp3) is 0.345. The Kier molecular flexibility index (Phi) is 6.82. The molecule has 0 radical (unpaired) electrons. The monoisotopic (exact) mass is 501 g/mol. The van der Waals surface area contributed by atoms with Crippen LogP contribution in [-0.4, -0.2) is 59.7 Å². The third kappa shape index (κ3) is 4.63. The highest BCUT2D eigenvalue weighted by atomic mass is 19.1. The van der Waals surface area contributed by atoms with Gasteiger partial charge in [-0.15, -0.1) is 5.10 Å². The van der Waals surface area contributed by atoms with E-state index in [2.05, 4.69) is 39.5 Å². The number of methoxy groups -OCH3 is 1. The van der Waals surface area contributed by atoms with Crippen LogP contribution in [0.15, 0.2) is 72.6 Å². The molecular formula is C29H32FN5O2. The van der Waals surface area contributed by atoms with Crippen molar-refractivity contribution in [3.8, 4) is 28.1 Å². The number of likely N-dealkylation sites (N-methyl/N-ethyl adjacent to an activating group) is 1. The van der Waals surface area contributed by atoms with Crippen LogP contribution in [0.4, 0.5) is 10.1 Å². The summed E-state index contributed by atoms with van der Waals surface area (Å²) in [6.07, 6.45) is 6.90. The molecule has 7 nitrogen and oxygen atoms in total. The van der Waals surface area contributed by atoms with Gasteiger partial charge < -0.3 is 14.5 Å². The highest BCUT2D eigenvalue weighted by molar-refractivity contribution is 5.83. The summed E-state index contributed by atoms with van der Waals surface area (Å²) in [6, 6.07) is 13.7. The molecule has 1 aromatic heterocycles. The maximum atomic E-state index is 14.7. The molecule has 2 aliphatic rings. The van der Waals surface area contributed by atoms with Gasteiger partial charge in [0.1, 0.15) is 23.7 Å². The second kappa shape index (κ2) is 10.2. The standard InChI is InChI=1S/C29H32FN5O2/c1-5-34-26-8-6-7-24(30)23(26)15-16-27(29(34)36)35-18-25(31-32-35)20-11-14-22(28(17-20)37-4)19-9-12-21(13-10-19)33(2)3/h6-14,17-18,23-24,27H,5,15-16H2,1-4H3. The largest absolute Gasteiger partial charge is 0.496 e. The van der Waals surface area contributed by atoms with Gasteiger partial charge in [0.2, 0.25) is 0 Å². The van der Waals surface area contributed by atoms with Crippen molar-refractivity contribution in [3.63, 3.8) is 0 Å². The molecule has 3 atom stereocenters. The molecule has 0 N–H and O–H groups in total. The summed E-state index contributed by atoms with van der Waals surface area (Å²) in [7, 11) is 5.68. The minimum Gasteiger partial charge on any atom is -0.496 e. The Morgan fingerprint density at radius 3 is 2.57 bits per heavy atom. The number of nitrogens with zero attached hydrogens (tertiary/aromatic N) is 5. The number of allylic oxidation sites excluding steroid dienone is 4. The van der Waals surface area contributed by atoms with E-state index in [9.17, 15) is 9.18 Å². The average molecular weight is 502 g/mol. The lowest BCUT2D eigenvalue weighted by Gasteiger charge is -2.30. The number of hydrogen-bond donors (Lipinski definition) is 0. The lowest BCUT2D eigenvalue weighted by Crippen LogP contribution is -2.37. The Balaban J connectivity index is 1.42. The summed E-state index contributed by atoms with van der Waals surface area (Å²) >= 11 is 0. The molecule has 0 bridgehead atoms. The molecule has 5 rings (SSSR count). The van der Waals surface area contributed by atoms with Gasteiger partial charge in [-0.1, -0.05) is 29.5 Å². The summed E-state index contributed by atoms with van der Waals surface area (Å²) in [5, 5.41) is 8.69. The van der Waals surface area contributed by atoms with Crippen molar-refractivity contribution in [3.05, 3.63) is 72.6 Å². The van der Waals surface area contributed by atoms with Gasteiger partial charge in [-0.25, -0.2) is 9.07 Å². The summed E-state index contributed by atoms with van der Waals surface area (Å²) in [6.45, 7) is 2.40. The molecule has 2 aromatic carbocycles. The maximum Gasteiger partial charge on any atom is 0.251 e. The first-order valence-corrected chi connectivity index (χ1v) is 12.6. The third-order valence-corrected chi connectivity index (χ3v) is 7.28. The zero-order valence-corrected chi connectivity index (χ0v) is 21.6. The van der Waals surface area contributed by atoms with Gasteiger partial charge in [0.25, 0.3) is 5.91 Å². The van der Waals surface area contributed by atoms with Crippen LogP contribution in [0.25, 0.3) is 22.4 Å². The van der Waals surface area contributed by atoms with Crippen molar-refractivity contribution >= 4 is 11.6 Å². The number of hydrogen-bond acceptors (Lipinski definition) is 5. The zero-order chi connectivity index (χ0) is 26.1. The second-order valence-corrected chi connectivity index (χ2v) is 9.64. The number of amides is 1. The Bertz CT molecular complexity index is 1340. The number of rotatable bonds is 6. The number of carbonyl (C=O) groups excluding carboxylic acids is 1. The number of carbonyl (C=O) groups is 1. The first-order valence-electron chi connectivity index (χ1n) is 12.6. The first-order chi connectivity index (χ1) is 17.9. The van der Waals surface area contributed by atoms with Gasteiger partial charge in [-0.3, -0.25) is 4.79 Å². The van der Waals surface area contributed by atoms with E-state index in [0.29, 0.717) is 25.1 Å². The number of anilines is 1. The van der Waals surface area contributed by atoms with Gasteiger partial charge in [0.15, 0.2) is 0 Å². The topological polar surface area (TPSA) is 63.5 Å². The lowest BCUT2D eigenvalue weighted by atomic mass is 9.90. The van der Waals surface area contributed by atoms with E-state index in [1.165, 1.54) is 0 Å². The Morgan fingerprint density at radius 2 is 1.86 bits per heavy atom. The van der Waals surface area contributed by atoms with E-state index in [0.717, 1.165) is 33.8 Å². The fourth-order valence-corrected chi connectivity index (χ4v) is 5.22. The molecule has 0 saturated carbocycles. The maximum absolute atomic E-state index is 14.7. The Morgan fingerprint density at radius 1 is 1.11 bits per heavy atom. The highest BCUT2D eigenvalue weighted by Gasteiger charge is 2.39.